The number of likely N-dealkylation sites (tertiary alicyclic amines) is 1. The summed E-state index contributed by atoms with van der Waals surface area (Å²) in [7, 11) is 2.13. The number of ether oxygens (including phenoxy) is 1. The van der Waals surface area contributed by atoms with Crippen molar-refractivity contribution in [2.24, 2.45) is 0 Å². The standard InChI is InChI=1S/C33H35ClN6O2/c1-3-30(41)40-18-17-39(20-24(40)14-15-35)32-27-13-12-23(26-10-4-7-22-8-5-11-28(34)31(22)26)19-29(27)36-33(37-32)42-21-25-9-6-16-38(25)2/h3-5,7-8,10-11,19,24-25H,1,6,9,12-14,16-18,20-21H2,2H3/t24-,25-/m0/s1. The number of allylic oxidation sites excluding steroid dienone is 1. The Kier molecular flexibility index (Phi) is 8.14. The highest BCUT2D eigenvalue weighted by atomic mass is 35.5. The fraction of sp³-hybridized carbons (Fsp3) is 0.394. The molecule has 2 aliphatic heterocycles. The number of amides is 1. The number of hydrogen-bond donors (Lipinski definition) is 0. The normalized spacial score (nSPS) is 20.6. The highest BCUT2D eigenvalue weighted by Gasteiger charge is 2.33. The average Bonchev–Trinajstić information content (AvgIpc) is 3.43. The van der Waals surface area contributed by atoms with Gasteiger partial charge in [0.2, 0.25) is 5.91 Å². The average molecular weight is 583 g/mol. The predicted octanol–water partition coefficient (Wildman–Crippen LogP) is 5.36. The fourth-order valence-electron chi connectivity index (χ4n) is 6.52. The van der Waals surface area contributed by atoms with Gasteiger partial charge in [-0.15, -0.1) is 0 Å². The Hall–Kier alpha value is -3.93. The third kappa shape index (κ3) is 5.47. The van der Waals surface area contributed by atoms with Gasteiger partial charge in [-0.2, -0.15) is 15.2 Å². The van der Waals surface area contributed by atoms with Crippen LogP contribution < -0.4 is 9.64 Å². The van der Waals surface area contributed by atoms with Crippen molar-refractivity contribution in [2.75, 3.05) is 44.7 Å². The molecule has 1 aromatic heterocycles. The number of halogens is 1. The fourth-order valence-corrected chi connectivity index (χ4v) is 6.80. The number of nitrogens with zero attached hydrogens (tertiary/aromatic N) is 6. The topological polar surface area (TPSA) is 85.6 Å². The lowest BCUT2D eigenvalue weighted by molar-refractivity contribution is -0.128. The number of nitriles is 1. The van der Waals surface area contributed by atoms with E-state index >= 15 is 0 Å². The van der Waals surface area contributed by atoms with Crippen LogP contribution in [-0.2, 0) is 11.2 Å². The lowest BCUT2D eigenvalue weighted by Crippen LogP contribution is -2.55. The first-order chi connectivity index (χ1) is 20.5. The van der Waals surface area contributed by atoms with Gasteiger partial charge >= 0.3 is 6.01 Å². The second kappa shape index (κ2) is 12.1. The van der Waals surface area contributed by atoms with Crippen molar-refractivity contribution in [3.63, 3.8) is 0 Å². The number of fused-ring (bicyclic) bond motifs is 2. The van der Waals surface area contributed by atoms with Crippen LogP contribution in [0.3, 0.4) is 0 Å². The second-order valence-electron chi connectivity index (χ2n) is 11.3. The summed E-state index contributed by atoms with van der Waals surface area (Å²) >= 11 is 6.69. The summed E-state index contributed by atoms with van der Waals surface area (Å²) in [5.74, 6) is 0.681. The monoisotopic (exact) mass is 582 g/mol. The van der Waals surface area contributed by atoms with Gasteiger partial charge in [-0.25, -0.2) is 0 Å². The van der Waals surface area contributed by atoms with Gasteiger partial charge in [0.1, 0.15) is 12.4 Å². The van der Waals surface area contributed by atoms with Crippen LogP contribution in [0.4, 0.5) is 5.82 Å². The lowest BCUT2D eigenvalue weighted by atomic mass is 9.88. The van der Waals surface area contributed by atoms with Crippen LogP contribution in [-0.4, -0.2) is 77.6 Å². The summed E-state index contributed by atoms with van der Waals surface area (Å²) in [5, 5.41) is 12.4. The van der Waals surface area contributed by atoms with Gasteiger partial charge in [0, 0.05) is 41.6 Å². The van der Waals surface area contributed by atoms with Gasteiger partial charge in [0.25, 0.3) is 0 Å². The van der Waals surface area contributed by atoms with Gasteiger partial charge in [-0.05, 0) is 74.0 Å². The van der Waals surface area contributed by atoms with Crippen LogP contribution in [0.15, 0.2) is 49.1 Å². The smallest absolute Gasteiger partial charge is 0.318 e. The molecule has 2 saturated heterocycles. The molecule has 9 heteroatoms. The van der Waals surface area contributed by atoms with Crippen LogP contribution in [0, 0.1) is 11.3 Å². The number of hydrogen-bond acceptors (Lipinski definition) is 7. The summed E-state index contributed by atoms with van der Waals surface area (Å²) < 4.78 is 6.27. The lowest BCUT2D eigenvalue weighted by Gasteiger charge is -2.41. The first kappa shape index (κ1) is 28.2. The van der Waals surface area contributed by atoms with Gasteiger partial charge in [0.15, 0.2) is 0 Å². The van der Waals surface area contributed by atoms with Crippen molar-refractivity contribution in [3.8, 4) is 12.1 Å². The molecule has 1 aliphatic carbocycles. The first-order valence-electron chi connectivity index (χ1n) is 14.6. The molecule has 3 heterocycles. The van der Waals surface area contributed by atoms with Gasteiger partial charge < -0.3 is 19.4 Å². The number of benzene rings is 2. The minimum absolute atomic E-state index is 0.148. The SMILES string of the molecule is C=CC(=O)N1CCN(c2nc(OC[C@@H]3CCCN3C)nc3c2CCC(c2cccc4cccc(Cl)c24)=C3)C[C@@H]1CC#N. The molecule has 1 amide bonds. The summed E-state index contributed by atoms with van der Waals surface area (Å²) in [5.41, 5.74) is 4.21. The molecule has 42 heavy (non-hydrogen) atoms. The molecular weight excluding hydrogens is 548 g/mol. The Labute approximate surface area is 251 Å². The molecule has 0 N–H and O–H groups in total. The van der Waals surface area contributed by atoms with E-state index in [-0.39, 0.29) is 18.4 Å². The molecule has 3 aromatic rings. The third-order valence-corrected chi connectivity index (χ3v) is 9.11. The molecule has 8 nitrogen and oxygen atoms in total. The summed E-state index contributed by atoms with van der Waals surface area (Å²) in [6.45, 7) is 6.85. The van der Waals surface area contributed by atoms with Crippen LogP contribution >= 0.6 is 11.6 Å². The van der Waals surface area contributed by atoms with Crippen LogP contribution in [0.5, 0.6) is 6.01 Å². The Balaban J connectivity index is 1.39. The number of rotatable bonds is 7. The van der Waals surface area contributed by atoms with Crippen molar-refractivity contribution in [1.82, 2.24) is 19.8 Å². The van der Waals surface area contributed by atoms with Crippen LogP contribution in [0.2, 0.25) is 5.02 Å². The Morgan fingerprint density at radius 2 is 2.00 bits per heavy atom. The van der Waals surface area contributed by atoms with E-state index < -0.39 is 0 Å². The predicted molar refractivity (Wildman–Crippen MR) is 166 cm³/mol. The van der Waals surface area contributed by atoms with Crippen LogP contribution in [0.25, 0.3) is 22.4 Å². The molecule has 2 atom stereocenters. The maximum absolute atomic E-state index is 12.5. The van der Waals surface area contributed by atoms with Gasteiger partial charge in [0.05, 0.1) is 24.2 Å². The highest BCUT2D eigenvalue weighted by Crippen LogP contribution is 2.39. The van der Waals surface area contributed by atoms with E-state index in [0.29, 0.717) is 38.3 Å². The number of carbonyl (C=O) groups excluding carboxylic acids is 1. The van der Waals surface area contributed by atoms with Crippen molar-refractivity contribution in [2.45, 2.75) is 44.2 Å². The Morgan fingerprint density at radius 3 is 2.76 bits per heavy atom. The minimum atomic E-state index is -0.246. The third-order valence-electron chi connectivity index (χ3n) is 8.80. The van der Waals surface area contributed by atoms with Crippen LogP contribution in [0.1, 0.15) is 42.5 Å². The molecule has 216 valence electrons. The van der Waals surface area contributed by atoms with E-state index in [4.69, 9.17) is 26.3 Å². The maximum Gasteiger partial charge on any atom is 0.318 e. The van der Waals surface area contributed by atoms with Crippen molar-refractivity contribution in [3.05, 3.63) is 70.9 Å². The first-order valence-corrected chi connectivity index (χ1v) is 15.0. The molecule has 2 fully saturated rings. The largest absolute Gasteiger partial charge is 0.462 e. The van der Waals surface area contributed by atoms with Gasteiger partial charge in [-0.3, -0.25) is 4.79 Å². The van der Waals surface area contributed by atoms with E-state index in [1.165, 1.54) is 11.6 Å². The molecule has 0 unspecified atom stereocenters. The quantitative estimate of drug-likeness (QED) is 0.347. The molecule has 2 aromatic carbocycles. The number of piperazine rings is 1. The zero-order valence-corrected chi connectivity index (χ0v) is 24.7. The zero-order valence-electron chi connectivity index (χ0n) is 23.9. The van der Waals surface area contributed by atoms with E-state index in [1.54, 1.807) is 4.90 Å². The summed E-state index contributed by atoms with van der Waals surface area (Å²) in [4.78, 5) is 28.7. The molecule has 6 rings (SSSR count). The maximum atomic E-state index is 12.5. The molecular formula is C33H35ClN6O2. The highest BCUT2D eigenvalue weighted by molar-refractivity contribution is 6.36. The van der Waals surface area contributed by atoms with Gasteiger partial charge in [-0.1, -0.05) is 48.5 Å². The zero-order chi connectivity index (χ0) is 29.2. The number of likely N-dealkylation sites (N-methyl/N-ethyl adjacent to an activating group) is 1. The summed E-state index contributed by atoms with van der Waals surface area (Å²) in [6.07, 6.45) is 7.55. The van der Waals surface area contributed by atoms with Crippen molar-refractivity contribution in [1.29, 1.82) is 5.26 Å². The molecule has 0 bridgehead atoms. The van der Waals surface area contributed by atoms with E-state index in [9.17, 15) is 10.1 Å². The minimum Gasteiger partial charge on any atom is -0.462 e. The van der Waals surface area contributed by atoms with Crippen molar-refractivity contribution >= 4 is 45.7 Å². The number of carbonyl (C=O) groups is 1. The molecule has 0 saturated carbocycles. The Morgan fingerprint density at radius 1 is 1.17 bits per heavy atom. The number of anilines is 1. The van der Waals surface area contributed by atoms with Crippen molar-refractivity contribution < 1.29 is 9.53 Å². The van der Waals surface area contributed by atoms with E-state index in [2.05, 4.69) is 59.8 Å². The van der Waals surface area contributed by atoms with E-state index in [0.717, 1.165) is 70.7 Å². The molecule has 0 spiro atoms. The Bertz CT molecular complexity index is 1590. The second-order valence-corrected chi connectivity index (χ2v) is 11.7. The number of aromatic nitrogens is 2. The van der Waals surface area contributed by atoms with E-state index in [1.807, 2.05) is 12.1 Å². The molecule has 3 aliphatic rings. The molecule has 0 radical (unpaired) electrons. The summed E-state index contributed by atoms with van der Waals surface area (Å²) in [6, 6.07) is 15.0.